The van der Waals surface area contributed by atoms with E-state index in [1.807, 2.05) is 12.1 Å². The van der Waals surface area contributed by atoms with Crippen LogP contribution in [-0.2, 0) is 11.3 Å². The molecule has 1 atom stereocenters. The molecule has 0 radical (unpaired) electrons. The van der Waals surface area contributed by atoms with Crippen molar-refractivity contribution in [2.24, 2.45) is 5.92 Å². The van der Waals surface area contributed by atoms with E-state index in [-0.39, 0.29) is 6.10 Å². The Hall–Kier alpha value is -1.26. The molecule has 1 unspecified atom stereocenters. The number of hydrogen-bond acceptors (Lipinski definition) is 4. The van der Waals surface area contributed by atoms with Crippen LogP contribution < -0.4 is 14.8 Å². The van der Waals surface area contributed by atoms with Gasteiger partial charge in [-0.05, 0) is 44.2 Å². The number of para-hydroxylation sites is 1. The lowest BCUT2D eigenvalue weighted by Gasteiger charge is -2.17. The molecule has 0 bridgehead atoms. The average Bonchev–Trinajstić information content (AvgIpc) is 3.18. The van der Waals surface area contributed by atoms with Crippen molar-refractivity contribution in [2.45, 2.75) is 38.3 Å². The predicted molar refractivity (Wildman–Crippen MR) is 81.9 cm³/mol. The Bertz CT molecular complexity index is 453. The number of hydrogen-bond donors (Lipinski definition) is 1. The van der Waals surface area contributed by atoms with E-state index < -0.39 is 0 Å². The van der Waals surface area contributed by atoms with E-state index in [4.69, 9.17) is 14.2 Å². The number of ether oxygens (including phenoxy) is 3. The van der Waals surface area contributed by atoms with Crippen molar-refractivity contribution >= 4 is 0 Å². The van der Waals surface area contributed by atoms with Gasteiger partial charge in [-0.15, -0.1) is 0 Å². The fourth-order valence-electron chi connectivity index (χ4n) is 2.71. The largest absolute Gasteiger partial charge is 0.493 e. The Balaban J connectivity index is 1.61. The molecule has 1 saturated carbocycles. The molecule has 1 aliphatic carbocycles. The topological polar surface area (TPSA) is 39.7 Å². The Labute approximate surface area is 126 Å². The molecule has 1 N–H and O–H groups in total. The summed E-state index contributed by atoms with van der Waals surface area (Å²) < 4.78 is 17.1. The molecule has 1 aromatic carbocycles. The highest BCUT2D eigenvalue weighted by atomic mass is 16.5. The third-order valence-electron chi connectivity index (χ3n) is 4.16. The highest BCUT2D eigenvalue weighted by molar-refractivity contribution is 5.46. The standard InChI is InChI=1S/C17H25NO3/c1-19-16-6-2-4-14(11-18-10-13-7-8-13)17(16)21-12-15-5-3-9-20-15/h2,4,6,13,15,18H,3,5,7-12H2,1H3. The van der Waals surface area contributed by atoms with Crippen LogP contribution in [0.4, 0.5) is 0 Å². The SMILES string of the molecule is COc1cccc(CNCC2CC2)c1OCC1CCCO1. The van der Waals surface area contributed by atoms with Gasteiger partial charge in [-0.25, -0.2) is 0 Å². The van der Waals surface area contributed by atoms with Gasteiger partial charge in [0, 0.05) is 18.7 Å². The Morgan fingerprint density at radius 2 is 2.19 bits per heavy atom. The normalized spacial score (nSPS) is 21.5. The molecule has 0 aromatic heterocycles. The van der Waals surface area contributed by atoms with Crippen LogP contribution in [0.3, 0.4) is 0 Å². The third kappa shape index (κ3) is 4.11. The van der Waals surface area contributed by atoms with Crippen LogP contribution >= 0.6 is 0 Å². The van der Waals surface area contributed by atoms with Crippen LogP contribution in [0.2, 0.25) is 0 Å². The van der Waals surface area contributed by atoms with Crippen molar-refractivity contribution < 1.29 is 14.2 Å². The monoisotopic (exact) mass is 291 g/mol. The lowest BCUT2D eigenvalue weighted by molar-refractivity contribution is 0.0666. The van der Waals surface area contributed by atoms with Crippen molar-refractivity contribution in [1.82, 2.24) is 5.32 Å². The number of nitrogens with one attached hydrogen (secondary N) is 1. The van der Waals surface area contributed by atoms with Gasteiger partial charge in [0.25, 0.3) is 0 Å². The Morgan fingerprint density at radius 1 is 1.29 bits per heavy atom. The fraction of sp³-hybridized carbons (Fsp3) is 0.647. The van der Waals surface area contributed by atoms with Crippen LogP contribution in [0.15, 0.2) is 18.2 Å². The summed E-state index contributed by atoms with van der Waals surface area (Å²) in [7, 11) is 1.69. The van der Waals surface area contributed by atoms with Gasteiger partial charge in [0.15, 0.2) is 11.5 Å². The summed E-state index contributed by atoms with van der Waals surface area (Å²) in [6, 6.07) is 6.08. The van der Waals surface area contributed by atoms with Crippen molar-refractivity contribution in [2.75, 3.05) is 26.9 Å². The molecule has 1 aromatic rings. The minimum absolute atomic E-state index is 0.224. The van der Waals surface area contributed by atoms with Crippen LogP contribution in [-0.4, -0.2) is 33.0 Å². The van der Waals surface area contributed by atoms with E-state index in [0.717, 1.165) is 55.5 Å². The van der Waals surface area contributed by atoms with E-state index in [9.17, 15) is 0 Å². The quantitative estimate of drug-likeness (QED) is 0.799. The zero-order chi connectivity index (χ0) is 14.5. The molecule has 0 spiro atoms. The lowest BCUT2D eigenvalue weighted by Crippen LogP contribution is -2.20. The zero-order valence-corrected chi connectivity index (χ0v) is 12.8. The summed E-state index contributed by atoms with van der Waals surface area (Å²) >= 11 is 0. The molecule has 4 heteroatoms. The highest BCUT2D eigenvalue weighted by Crippen LogP contribution is 2.32. The molecule has 1 heterocycles. The summed E-state index contributed by atoms with van der Waals surface area (Å²) in [5, 5.41) is 3.52. The van der Waals surface area contributed by atoms with Crippen molar-refractivity contribution in [1.29, 1.82) is 0 Å². The second-order valence-electron chi connectivity index (χ2n) is 5.97. The third-order valence-corrected chi connectivity index (χ3v) is 4.16. The van der Waals surface area contributed by atoms with Gasteiger partial charge in [0.1, 0.15) is 6.61 Å². The first-order valence-corrected chi connectivity index (χ1v) is 7.98. The van der Waals surface area contributed by atoms with Crippen molar-refractivity contribution in [3.8, 4) is 11.5 Å². The molecule has 4 nitrogen and oxygen atoms in total. The lowest BCUT2D eigenvalue weighted by atomic mass is 10.1. The smallest absolute Gasteiger partial charge is 0.165 e. The minimum Gasteiger partial charge on any atom is -0.493 e. The molecular weight excluding hydrogens is 266 g/mol. The molecule has 2 fully saturated rings. The number of rotatable bonds is 8. The number of methoxy groups -OCH3 is 1. The van der Waals surface area contributed by atoms with Gasteiger partial charge in [0.2, 0.25) is 0 Å². The highest BCUT2D eigenvalue weighted by Gasteiger charge is 2.21. The van der Waals surface area contributed by atoms with E-state index >= 15 is 0 Å². The summed E-state index contributed by atoms with van der Waals surface area (Å²) in [5.74, 6) is 2.55. The van der Waals surface area contributed by atoms with Crippen LogP contribution in [0.25, 0.3) is 0 Å². The van der Waals surface area contributed by atoms with Crippen molar-refractivity contribution in [3.63, 3.8) is 0 Å². The van der Waals surface area contributed by atoms with Gasteiger partial charge >= 0.3 is 0 Å². The molecule has 1 aliphatic heterocycles. The van der Waals surface area contributed by atoms with E-state index in [1.165, 1.54) is 12.8 Å². The molecule has 116 valence electrons. The average molecular weight is 291 g/mol. The fourth-order valence-corrected chi connectivity index (χ4v) is 2.71. The first-order valence-electron chi connectivity index (χ1n) is 7.98. The molecule has 0 amide bonds. The second-order valence-corrected chi connectivity index (χ2v) is 5.97. The summed E-state index contributed by atoms with van der Waals surface area (Å²) in [4.78, 5) is 0. The molecule has 21 heavy (non-hydrogen) atoms. The molecular formula is C17H25NO3. The summed E-state index contributed by atoms with van der Waals surface area (Å²) in [6.45, 7) is 3.39. The van der Waals surface area contributed by atoms with Gasteiger partial charge in [0.05, 0.1) is 13.2 Å². The van der Waals surface area contributed by atoms with Crippen LogP contribution in [0.5, 0.6) is 11.5 Å². The van der Waals surface area contributed by atoms with Crippen LogP contribution in [0, 0.1) is 5.92 Å². The van der Waals surface area contributed by atoms with Crippen molar-refractivity contribution in [3.05, 3.63) is 23.8 Å². The van der Waals surface area contributed by atoms with Gasteiger partial charge in [-0.1, -0.05) is 12.1 Å². The van der Waals surface area contributed by atoms with E-state index in [2.05, 4.69) is 11.4 Å². The molecule has 2 aliphatic rings. The van der Waals surface area contributed by atoms with Crippen LogP contribution in [0.1, 0.15) is 31.2 Å². The maximum absolute atomic E-state index is 6.03. The van der Waals surface area contributed by atoms with Gasteiger partial charge < -0.3 is 19.5 Å². The summed E-state index contributed by atoms with van der Waals surface area (Å²) in [5.41, 5.74) is 1.16. The molecule has 3 rings (SSSR count). The second kappa shape index (κ2) is 7.14. The summed E-state index contributed by atoms with van der Waals surface area (Å²) in [6.07, 6.45) is 5.18. The van der Waals surface area contributed by atoms with E-state index in [1.54, 1.807) is 7.11 Å². The first-order chi connectivity index (χ1) is 10.4. The van der Waals surface area contributed by atoms with Gasteiger partial charge in [-0.2, -0.15) is 0 Å². The predicted octanol–water partition coefficient (Wildman–Crippen LogP) is 2.75. The van der Waals surface area contributed by atoms with Gasteiger partial charge in [-0.3, -0.25) is 0 Å². The number of benzene rings is 1. The maximum atomic E-state index is 6.03. The van der Waals surface area contributed by atoms with E-state index in [0.29, 0.717) is 6.61 Å². The zero-order valence-electron chi connectivity index (χ0n) is 12.8. The first kappa shape index (κ1) is 14.7. The Kier molecular flexibility index (Phi) is 4.99. The maximum Gasteiger partial charge on any atom is 0.165 e. The Morgan fingerprint density at radius 3 is 2.90 bits per heavy atom. The minimum atomic E-state index is 0.224. The molecule has 1 saturated heterocycles.